The quantitative estimate of drug-likeness (QED) is 0.625. The van der Waals surface area contributed by atoms with Crippen LogP contribution in [0.25, 0.3) is 0 Å². The van der Waals surface area contributed by atoms with Gasteiger partial charge in [0.15, 0.2) is 6.23 Å². The van der Waals surface area contributed by atoms with E-state index in [1.165, 1.54) is 17.9 Å². The summed E-state index contributed by atoms with van der Waals surface area (Å²) >= 11 is 0. The van der Waals surface area contributed by atoms with Gasteiger partial charge in [0.25, 0.3) is 0 Å². The first-order valence-corrected chi connectivity index (χ1v) is 4.02. The Kier molecular flexibility index (Phi) is 1.36. The van der Waals surface area contributed by atoms with E-state index in [2.05, 4.69) is 0 Å². The second-order valence-corrected chi connectivity index (χ2v) is 3.33. The molecule has 0 radical (unpaired) electrons. The van der Waals surface area contributed by atoms with Crippen LogP contribution < -0.4 is 0 Å². The average molecular weight is 155 g/mol. The van der Waals surface area contributed by atoms with E-state index in [-0.39, 0.29) is 6.23 Å². The van der Waals surface area contributed by atoms with E-state index >= 15 is 0 Å². The van der Waals surface area contributed by atoms with Crippen LogP contribution in [0.15, 0.2) is 11.5 Å². The number of rotatable bonds is 1. The molecule has 3 heteroatoms. The lowest BCUT2D eigenvalue weighted by atomic mass is 10.3. The van der Waals surface area contributed by atoms with E-state index in [0.29, 0.717) is 5.92 Å². The summed E-state index contributed by atoms with van der Waals surface area (Å²) in [7, 11) is 0. The van der Waals surface area contributed by atoms with Gasteiger partial charge in [-0.25, -0.2) is 5.06 Å². The summed E-state index contributed by atoms with van der Waals surface area (Å²) in [6.07, 6.45) is 2.28. The van der Waals surface area contributed by atoms with Gasteiger partial charge in [0, 0.05) is 5.92 Å². The third-order valence-corrected chi connectivity index (χ3v) is 2.42. The van der Waals surface area contributed by atoms with Crippen LogP contribution in [-0.2, 0) is 4.74 Å². The third-order valence-electron chi connectivity index (χ3n) is 2.42. The van der Waals surface area contributed by atoms with Crippen LogP contribution in [0.3, 0.4) is 0 Å². The molecule has 1 heterocycles. The predicted molar refractivity (Wildman–Crippen MR) is 39.6 cm³/mol. The monoisotopic (exact) mass is 155 g/mol. The number of hydroxylamine groups is 2. The highest BCUT2D eigenvalue weighted by Gasteiger charge is 2.41. The second kappa shape index (κ2) is 2.14. The molecule has 0 saturated heterocycles. The van der Waals surface area contributed by atoms with Crippen molar-refractivity contribution in [3.05, 3.63) is 11.5 Å². The molecule has 1 aliphatic heterocycles. The van der Waals surface area contributed by atoms with Crippen molar-refractivity contribution in [2.75, 3.05) is 0 Å². The first kappa shape index (κ1) is 6.98. The fourth-order valence-electron chi connectivity index (χ4n) is 1.35. The molecule has 2 rings (SSSR count). The van der Waals surface area contributed by atoms with Crippen molar-refractivity contribution >= 4 is 0 Å². The summed E-state index contributed by atoms with van der Waals surface area (Å²) in [6.45, 7) is 3.76. The Morgan fingerprint density at radius 1 is 1.45 bits per heavy atom. The van der Waals surface area contributed by atoms with Crippen LogP contribution in [0, 0.1) is 5.92 Å². The maximum atomic E-state index is 9.49. The van der Waals surface area contributed by atoms with Crippen molar-refractivity contribution in [1.29, 1.82) is 0 Å². The van der Waals surface area contributed by atoms with Crippen molar-refractivity contribution in [3.8, 4) is 0 Å². The number of hydrogen-bond donors (Lipinski definition) is 1. The van der Waals surface area contributed by atoms with Gasteiger partial charge in [-0.1, -0.05) is 0 Å². The summed E-state index contributed by atoms with van der Waals surface area (Å²) < 4.78 is 5.47. The third kappa shape index (κ3) is 0.997. The van der Waals surface area contributed by atoms with E-state index < -0.39 is 0 Å². The smallest absolute Gasteiger partial charge is 0.197 e. The Hall–Kier alpha value is -0.700. The van der Waals surface area contributed by atoms with Crippen LogP contribution in [0.1, 0.15) is 26.7 Å². The Morgan fingerprint density at radius 2 is 2.09 bits per heavy atom. The van der Waals surface area contributed by atoms with Gasteiger partial charge in [0.2, 0.25) is 0 Å². The molecular formula is C8H13NO2. The van der Waals surface area contributed by atoms with Gasteiger partial charge >= 0.3 is 0 Å². The molecule has 62 valence electrons. The van der Waals surface area contributed by atoms with Gasteiger partial charge in [-0.05, 0) is 26.7 Å². The van der Waals surface area contributed by atoms with Gasteiger partial charge in [0.1, 0.15) is 5.76 Å². The van der Waals surface area contributed by atoms with E-state index in [1.54, 1.807) is 0 Å². The normalized spacial score (nSPS) is 31.2. The molecule has 0 aromatic carbocycles. The van der Waals surface area contributed by atoms with Crippen LogP contribution in [0.2, 0.25) is 0 Å². The Balaban J connectivity index is 2.09. The molecule has 0 aromatic heterocycles. The molecule has 3 nitrogen and oxygen atoms in total. The van der Waals surface area contributed by atoms with Gasteiger partial charge in [-0.15, -0.1) is 0 Å². The fraction of sp³-hybridized carbons (Fsp3) is 0.750. The van der Waals surface area contributed by atoms with Crippen LogP contribution in [-0.4, -0.2) is 16.5 Å². The van der Waals surface area contributed by atoms with E-state index in [1.807, 2.05) is 13.8 Å². The molecule has 0 bridgehead atoms. The molecule has 1 saturated carbocycles. The zero-order valence-electron chi connectivity index (χ0n) is 6.87. The minimum Gasteiger partial charge on any atom is -0.471 e. The topological polar surface area (TPSA) is 32.7 Å². The molecule has 0 aromatic rings. The number of nitrogens with zero attached hydrogens (tertiary/aromatic N) is 1. The molecular weight excluding hydrogens is 142 g/mol. The van der Waals surface area contributed by atoms with Crippen molar-refractivity contribution < 1.29 is 9.94 Å². The lowest BCUT2D eigenvalue weighted by molar-refractivity contribution is -0.156. The zero-order chi connectivity index (χ0) is 8.01. The second-order valence-electron chi connectivity index (χ2n) is 3.33. The van der Waals surface area contributed by atoms with Crippen molar-refractivity contribution in [1.82, 2.24) is 5.06 Å². The fourth-order valence-corrected chi connectivity index (χ4v) is 1.35. The lowest BCUT2D eigenvalue weighted by Gasteiger charge is -2.18. The van der Waals surface area contributed by atoms with Crippen molar-refractivity contribution in [3.63, 3.8) is 0 Å². The molecule has 0 amide bonds. The van der Waals surface area contributed by atoms with Crippen LogP contribution in [0.5, 0.6) is 0 Å². The highest BCUT2D eigenvalue weighted by atomic mass is 16.6. The lowest BCUT2D eigenvalue weighted by Crippen LogP contribution is -2.28. The van der Waals surface area contributed by atoms with Crippen LogP contribution in [0.4, 0.5) is 0 Å². The molecule has 1 unspecified atom stereocenters. The van der Waals surface area contributed by atoms with Crippen molar-refractivity contribution in [2.45, 2.75) is 32.9 Å². The average Bonchev–Trinajstić information content (AvgIpc) is 2.76. The van der Waals surface area contributed by atoms with Gasteiger partial charge in [-0.2, -0.15) is 0 Å². The highest BCUT2D eigenvalue weighted by molar-refractivity contribution is 5.08. The SMILES string of the molecule is CC1=C(C)N(O)C(C2CC2)O1. The van der Waals surface area contributed by atoms with Crippen LogP contribution >= 0.6 is 0 Å². The summed E-state index contributed by atoms with van der Waals surface area (Å²) in [5.41, 5.74) is 0.849. The Labute approximate surface area is 66.2 Å². The number of allylic oxidation sites excluding steroid dienone is 2. The molecule has 1 atom stereocenters. The first-order valence-electron chi connectivity index (χ1n) is 4.02. The maximum Gasteiger partial charge on any atom is 0.197 e. The maximum absolute atomic E-state index is 9.49. The van der Waals surface area contributed by atoms with E-state index in [9.17, 15) is 5.21 Å². The molecule has 1 N–H and O–H groups in total. The zero-order valence-corrected chi connectivity index (χ0v) is 6.87. The van der Waals surface area contributed by atoms with E-state index in [0.717, 1.165) is 11.5 Å². The Bertz CT molecular complexity index is 208. The van der Waals surface area contributed by atoms with Crippen molar-refractivity contribution in [2.24, 2.45) is 5.92 Å². The minimum absolute atomic E-state index is 0.0880. The standard InChI is InChI=1S/C8H13NO2/c1-5-6(2)11-8(9(5)10)7-3-4-7/h7-8,10H,3-4H2,1-2H3. The van der Waals surface area contributed by atoms with E-state index in [4.69, 9.17) is 4.74 Å². The first-order chi connectivity index (χ1) is 5.20. The summed E-state index contributed by atoms with van der Waals surface area (Å²) in [5.74, 6) is 1.40. The molecule has 11 heavy (non-hydrogen) atoms. The summed E-state index contributed by atoms with van der Waals surface area (Å²) in [4.78, 5) is 0. The Morgan fingerprint density at radius 3 is 2.45 bits per heavy atom. The summed E-state index contributed by atoms with van der Waals surface area (Å²) in [5, 5.41) is 10.7. The molecule has 2 aliphatic rings. The predicted octanol–water partition coefficient (Wildman–Crippen LogP) is 1.70. The molecule has 0 spiro atoms. The molecule has 1 fully saturated rings. The van der Waals surface area contributed by atoms with Gasteiger partial charge < -0.3 is 4.74 Å². The van der Waals surface area contributed by atoms with Gasteiger partial charge in [0.05, 0.1) is 5.70 Å². The largest absolute Gasteiger partial charge is 0.471 e. The number of ether oxygens (including phenoxy) is 1. The summed E-state index contributed by atoms with van der Waals surface area (Å²) in [6, 6.07) is 0. The minimum atomic E-state index is -0.0880. The number of hydrogen-bond acceptors (Lipinski definition) is 3. The highest BCUT2D eigenvalue weighted by Crippen LogP contribution is 2.40. The van der Waals surface area contributed by atoms with Gasteiger partial charge in [-0.3, -0.25) is 5.21 Å². The molecule has 1 aliphatic carbocycles.